The van der Waals surface area contributed by atoms with Crippen molar-refractivity contribution in [2.75, 3.05) is 10.6 Å². The van der Waals surface area contributed by atoms with Gasteiger partial charge in [-0.05, 0) is 24.3 Å². The van der Waals surface area contributed by atoms with Gasteiger partial charge in [0.25, 0.3) is 5.91 Å². The average molecular weight is 441 g/mol. The molecule has 0 atom stereocenters. The van der Waals surface area contributed by atoms with Crippen LogP contribution in [0.2, 0.25) is 5.02 Å². The highest BCUT2D eigenvalue weighted by Crippen LogP contribution is 2.38. The van der Waals surface area contributed by atoms with Crippen LogP contribution < -0.4 is 10.6 Å². The van der Waals surface area contributed by atoms with Crippen molar-refractivity contribution in [2.45, 2.75) is 19.3 Å². The summed E-state index contributed by atoms with van der Waals surface area (Å²) in [6.07, 6.45) is -10.2. The molecule has 0 aromatic heterocycles. The van der Waals surface area contributed by atoms with E-state index in [2.05, 4.69) is 5.32 Å². The maximum atomic E-state index is 12.9. The largest absolute Gasteiger partial charge is 0.507 e. The second-order valence-corrected chi connectivity index (χ2v) is 6.19. The van der Waals surface area contributed by atoms with E-state index in [0.29, 0.717) is 12.1 Å². The van der Waals surface area contributed by atoms with Crippen molar-refractivity contribution in [3.8, 4) is 5.75 Å². The molecule has 0 saturated heterocycles. The predicted molar refractivity (Wildman–Crippen MR) is 91.8 cm³/mol. The number of aromatic hydroxyl groups is 1. The van der Waals surface area contributed by atoms with Crippen LogP contribution in [-0.4, -0.2) is 16.9 Å². The highest BCUT2D eigenvalue weighted by Gasteiger charge is 2.37. The molecule has 2 aromatic carbocycles. The quantitative estimate of drug-likeness (QED) is 0.567. The SMILES string of the molecule is CC(=O)Nc1cc(O)c(C(=O)Nc2cc(C(F)(F)F)cc(C(F)(F)F)c2)cc1Cl. The van der Waals surface area contributed by atoms with Crippen molar-refractivity contribution in [1.82, 2.24) is 0 Å². The number of anilines is 2. The number of halogens is 7. The smallest absolute Gasteiger partial charge is 0.416 e. The van der Waals surface area contributed by atoms with Gasteiger partial charge in [-0.3, -0.25) is 9.59 Å². The lowest BCUT2D eigenvalue weighted by molar-refractivity contribution is -0.143. The van der Waals surface area contributed by atoms with Gasteiger partial charge in [0, 0.05) is 18.7 Å². The summed E-state index contributed by atoms with van der Waals surface area (Å²) >= 11 is 5.86. The standard InChI is InChI=1S/C17H11ClF6N2O3/c1-7(27)25-13-6-14(28)11(5-12(13)18)15(29)26-10-3-8(16(19,20)21)2-9(4-10)17(22,23)24/h2-6,28H,1H3,(H,25,27)(H,26,29). The lowest BCUT2D eigenvalue weighted by Gasteiger charge is -2.15. The molecule has 0 bridgehead atoms. The van der Waals surface area contributed by atoms with Gasteiger partial charge < -0.3 is 15.7 Å². The fraction of sp³-hybridized carbons (Fsp3) is 0.176. The van der Waals surface area contributed by atoms with E-state index < -0.39 is 52.3 Å². The van der Waals surface area contributed by atoms with Crippen LogP contribution in [-0.2, 0) is 17.1 Å². The number of rotatable bonds is 3. The van der Waals surface area contributed by atoms with Gasteiger partial charge in [0.05, 0.1) is 27.4 Å². The first-order valence-electron chi connectivity index (χ1n) is 7.59. The number of carbonyl (C=O) groups is 2. The molecule has 2 rings (SSSR count). The zero-order valence-corrected chi connectivity index (χ0v) is 15.1. The van der Waals surface area contributed by atoms with Crippen LogP contribution in [0.4, 0.5) is 37.7 Å². The molecular weight excluding hydrogens is 430 g/mol. The Balaban J connectivity index is 2.42. The van der Waals surface area contributed by atoms with Gasteiger partial charge in [0.2, 0.25) is 5.91 Å². The summed E-state index contributed by atoms with van der Waals surface area (Å²) in [6.45, 7) is 1.15. The van der Waals surface area contributed by atoms with Crippen LogP contribution in [0.3, 0.4) is 0 Å². The molecular formula is C17H11ClF6N2O3. The first kappa shape index (κ1) is 22.3. The maximum absolute atomic E-state index is 12.9. The molecule has 2 amide bonds. The molecule has 5 nitrogen and oxygen atoms in total. The van der Waals surface area contributed by atoms with E-state index >= 15 is 0 Å². The highest BCUT2D eigenvalue weighted by molar-refractivity contribution is 6.34. The Labute approximate surface area is 164 Å². The van der Waals surface area contributed by atoms with Gasteiger partial charge in [0.15, 0.2) is 0 Å². The minimum atomic E-state index is -5.09. The minimum absolute atomic E-state index is 0.0494. The van der Waals surface area contributed by atoms with Crippen LogP contribution in [0, 0.1) is 0 Å². The van der Waals surface area contributed by atoms with Gasteiger partial charge in [0.1, 0.15) is 5.75 Å². The molecule has 0 spiro atoms. The van der Waals surface area contributed by atoms with E-state index in [-0.39, 0.29) is 16.8 Å². The van der Waals surface area contributed by atoms with Crippen molar-refractivity contribution in [3.05, 3.63) is 52.0 Å². The molecule has 2 aromatic rings. The fourth-order valence-electron chi connectivity index (χ4n) is 2.25. The third kappa shape index (κ3) is 5.53. The first-order valence-corrected chi connectivity index (χ1v) is 7.97. The van der Waals surface area contributed by atoms with E-state index in [9.17, 15) is 41.0 Å². The molecule has 0 aliphatic carbocycles. The van der Waals surface area contributed by atoms with E-state index in [1.807, 2.05) is 5.32 Å². The summed E-state index contributed by atoms with van der Waals surface area (Å²) in [5.41, 5.74) is -4.61. The Morgan fingerprint density at radius 2 is 1.41 bits per heavy atom. The van der Waals surface area contributed by atoms with Crippen molar-refractivity contribution in [3.63, 3.8) is 0 Å². The Morgan fingerprint density at radius 3 is 1.86 bits per heavy atom. The molecule has 0 heterocycles. The second kappa shape index (κ2) is 7.82. The maximum Gasteiger partial charge on any atom is 0.416 e. The van der Waals surface area contributed by atoms with Gasteiger partial charge in [-0.1, -0.05) is 11.6 Å². The Morgan fingerprint density at radius 1 is 0.897 bits per heavy atom. The molecule has 0 aliphatic heterocycles. The van der Waals surface area contributed by atoms with E-state index in [1.54, 1.807) is 0 Å². The summed E-state index contributed by atoms with van der Waals surface area (Å²) in [5, 5.41) is 13.9. The van der Waals surface area contributed by atoms with Gasteiger partial charge >= 0.3 is 12.4 Å². The predicted octanol–water partition coefficient (Wildman–Crippen LogP) is 5.29. The van der Waals surface area contributed by atoms with E-state index in [4.69, 9.17) is 11.6 Å². The molecule has 0 saturated carbocycles. The molecule has 0 aliphatic rings. The van der Waals surface area contributed by atoms with Crippen LogP contribution >= 0.6 is 11.6 Å². The second-order valence-electron chi connectivity index (χ2n) is 5.78. The van der Waals surface area contributed by atoms with Crippen LogP contribution in [0.1, 0.15) is 28.4 Å². The number of hydrogen-bond acceptors (Lipinski definition) is 3. The number of alkyl halides is 6. The molecule has 29 heavy (non-hydrogen) atoms. The van der Waals surface area contributed by atoms with Gasteiger partial charge in [-0.15, -0.1) is 0 Å². The fourth-order valence-corrected chi connectivity index (χ4v) is 2.47. The zero-order valence-electron chi connectivity index (χ0n) is 14.3. The Bertz CT molecular complexity index is 941. The summed E-state index contributed by atoms with van der Waals surface area (Å²) in [7, 11) is 0. The monoisotopic (exact) mass is 440 g/mol. The lowest BCUT2D eigenvalue weighted by Crippen LogP contribution is -2.16. The summed E-state index contributed by atoms with van der Waals surface area (Å²) < 4.78 is 77.3. The van der Waals surface area contributed by atoms with Crippen molar-refractivity contribution >= 4 is 34.8 Å². The molecule has 0 fully saturated rings. The number of carbonyl (C=O) groups excluding carboxylic acids is 2. The summed E-state index contributed by atoms with van der Waals surface area (Å²) in [6, 6.07) is 2.35. The minimum Gasteiger partial charge on any atom is -0.507 e. The first-order chi connectivity index (χ1) is 13.2. The number of hydrogen-bond donors (Lipinski definition) is 3. The number of amides is 2. The third-order valence-electron chi connectivity index (χ3n) is 3.49. The molecule has 0 unspecified atom stereocenters. The van der Waals surface area contributed by atoms with E-state index in [0.717, 1.165) is 19.1 Å². The number of benzene rings is 2. The van der Waals surface area contributed by atoms with Crippen molar-refractivity contribution in [2.24, 2.45) is 0 Å². The number of phenols is 1. The van der Waals surface area contributed by atoms with Gasteiger partial charge in [-0.2, -0.15) is 26.3 Å². The molecule has 3 N–H and O–H groups in total. The molecule has 0 radical (unpaired) electrons. The normalized spacial score (nSPS) is 11.9. The summed E-state index contributed by atoms with van der Waals surface area (Å²) in [4.78, 5) is 23.3. The third-order valence-corrected chi connectivity index (χ3v) is 3.80. The zero-order chi connectivity index (χ0) is 22.1. The van der Waals surface area contributed by atoms with Crippen molar-refractivity contribution in [1.29, 1.82) is 0 Å². The van der Waals surface area contributed by atoms with Crippen LogP contribution in [0.25, 0.3) is 0 Å². The van der Waals surface area contributed by atoms with Crippen molar-refractivity contribution < 1.29 is 41.0 Å². The van der Waals surface area contributed by atoms with E-state index in [1.165, 1.54) is 0 Å². The highest BCUT2D eigenvalue weighted by atomic mass is 35.5. The number of phenolic OH excluding ortho intramolecular Hbond substituents is 1. The topological polar surface area (TPSA) is 78.4 Å². The number of nitrogens with one attached hydrogen (secondary N) is 2. The average Bonchev–Trinajstić information content (AvgIpc) is 2.55. The van der Waals surface area contributed by atoms with Gasteiger partial charge in [-0.25, -0.2) is 0 Å². The molecule has 12 heteroatoms. The Kier molecular flexibility index (Phi) is 6.02. The Hall–Kier alpha value is -2.95. The van der Waals surface area contributed by atoms with Crippen LogP contribution in [0.15, 0.2) is 30.3 Å². The lowest BCUT2D eigenvalue weighted by atomic mass is 10.1. The molecule has 156 valence electrons. The summed E-state index contributed by atoms with van der Waals surface area (Å²) in [5.74, 6) is -2.46. The van der Waals surface area contributed by atoms with Crippen LogP contribution in [0.5, 0.6) is 5.75 Å².